The second-order valence-electron chi connectivity index (χ2n) is 6.24. The van der Waals surface area contributed by atoms with Crippen LogP contribution in [-0.2, 0) is 0 Å². The number of rotatable bonds is 4. The average molecular weight is 278 g/mol. The summed E-state index contributed by atoms with van der Waals surface area (Å²) >= 11 is 4.58. The Morgan fingerprint density at radius 2 is 1.63 bits per heavy atom. The molecule has 0 spiro atoms. The van der Waals surface area contributed by atoms with E-state index >= 15 is 0 Å². The summed E-state index contributed by atoms with van der Waals surface area (Å²) in [5, 5.41) is 0. The molecule has 0 atom stereocenters. The molecule has 0 heterocycles. The first-order valence-corrected chi connectivity index (χ1v) is 8.01. The Hall–Kier alpha value is -0.630. The van der Waals surface area contributed by atoms with E-state index in [1.54, 1.807) is 0 Å². The quantitative estimate of drug-likeness (QED) is 0.773. The van der Waals surface area contributed by atoms with Crippen molar-refractivity contribution >= 4 is 12.6 Å². The fourth-order valence-electron chi connectivity index (χ4n) is 3.27. The number of thiol groups is 1. The van der Waals surface area contributed by atoms with Gasteiger partial charge in [-0.1, -0.05) is 37.0 Å². The molecular weight excluding hydrogens is 252 g/mol. The Morgan fingerprint density at radius 1 is 1.05 bits per heavy atom. The Kier molecular flexibility index (Phi) is 4.83. The van der Waals surface area contributed by atoms with E-state index in [0.29, 0.717) is 5.41 Å². The molecule has 0 aromatic heterocycles. The molecule has 0 radical (unpaired) electrons. The zero-order chi connectivity index (χ0) is 13.9. The first-order valence-electron chi connectivity index (χ1n) is 7.38. The van der Waals surface area contributed by atoms with Gasteiger partial charge in [0, 0.05) is 5.41 Å². The van der Waals surface area contributed by atoms with Gasteiger partial charge < -0.3 is 4.74 Å². The Morgan fingerprint density at radius 3 is 2.16 bits per heavy atom. The van der Waals surface area contributed by atoms with E-state index in [0.717, 1.165) is 18.1 Å². The van der Waals surface area contributed by atoms with Gasteiger partial charge in [0.05, 0.1) is 6.61 Å². The summed E-state index contributed by atoms with van der Waals surface area (Å²) in [6.45, 7) is 7.24. The highest BCUT2D eigenvalue weighted by atomic mass is 32.1. The molecule has 1 aliphatic rings. The lowest BCUT2D eigenvalue weighted by Gasteiger charge is -2.36. The first-order chi connectivity index (χ1) is 9.06. The van der Waals surface area contributed by atoms with Gasteiger partial charge in [-0.2, -0.15) is 12.6 Å². The Bertz CT molecular complexity index is 410. The monoisotopic (exact) mass is 278 g/mol. The van der Waals surface area contributed by atoms with E-state index in [-0.39, 0.29) is 0 Å². The summed E-state index contributed by atoms with van der Waals surface area (Å²) in [6, 6.07) is 4.41. The van der Waals surface area contributed by atoms with Gasteiger partial charge in [0.2, 0.25) is 0 Å². The lowest BCUT2D eigenvalue weighted by molar-refractivity contribution is 0.120. The van der Waals surface area contributed by atoms with E-state index in [1.165, 1.54) is 48.8 Å². The minimum absolute atomic E-state index is 0.297. The Labute approximate surface area is 123 Å². The SMILES string of the molecule is Cc1cc(C)c(OCC2(CS)CCCCC2)c(C)c1. The first kappa shape index (κ1) is 14.8. The van der Waals surface area contributed by atoms with Crippen LogP contribution in [0.15, 0.2) is 12.1 Å². The minimum atomic E-state index is 0.297. The summed E-state index contributed by atoms with van der Waals surface area (Å²) < 4.78 is 6.21. The molecule has 1 aromatic carbocycles. The summed E-state index contributed by atoms with van der Waals surface area (Å²) in [6.07, 6.45) is 6.56. The lowest BCUT2D eigenvalue weighted by Crippen LogP contribution is -2.33. The van der Waals surface area contributed by atoms with E-state index in [9.17, 15) is 0 Å². The van der Waals surface area contributed by atoms with Crippen LogP contribution >= 0.6 is 12.6 Å². The molecule has 106 valence electrons. The molecule has 0 aliphatic heterocycles. The molecule has 1 aromatic rings. The van der Waals surface area contributed by atoms with Crippen LogP contribution in [-0.4, -0.2) is 12.4 Å². The van der Waals surface area contributed by atoms with E-state index in [4.69, 9.17) is 4.74 Å². The van der Waals surface area contributed by atoms with Crippen molar-refractivity contribution in [3.8, 4) is 5.75 Å². The summed E-state index contributed by atoms with van der Waals surface area (Å²) in [7, 11) is 0. The standard InChI is InChI=1S/C17H26OS/c1-13-9-14(2)16(15(3)10-13)18-11-17(12-19)7-5-4-6-8-17/h9-10,19H,4-8,11-12H2,1-3H3. The highest BCUT2D eigenvalue weighted by molar-refractivity contribution is 7.80. The van der Waals surface area contributed by atoms with Crippen molar-refractivity contribution in [3.63, 3.8) is 0 Å². The second-order valence-corrected chi connectivity index (χ2v) is 6.55. The zero-order valence-corrected chi connectivity index (χ0v) is 13.4. The summed E-state index contributed by atoms with van der Waals surface area (Å²) in [5.74, 6) is 2.02. The van der Waals surface area contributed by atoms with E-state index < -0.39 is 0 Å². The van der Waals surface area contributed by atoms with Crippen LogP contribution in [0.5, 0.6) is 5.75 Å². The van der Waals surface area contributed by atoms with Gasteiger partial charge in [-0.25, -0.2) is 0 Å². The highest BCUT2D eigenvalue weighted by Crippen LogP contribution is 2.38. The predicted octanol–water partition coefficient (Wildman–Crippen LogP) is 4.87. The number of aryl methyl sites for hydroxylation is 3. The fourth-order valence-corrected chi connectivity index (χ4v) is 3.68. The van der Waals surface area contributed by atoms with Crippen LogP contribution in [0, 0.1) is 26.2 Å². The number of hydrogen-bond acceptors (Lipinski definition) is 2. The van der Waals surface area contributed by atoms with Crippen molar-refractivity contribution < 1.29 is 4.74 Å². The van der Waals surface area contributed by atoms with E-state index in [2.05, 4.69) is 45.5 Å². The average Bonchev–Trinajstić information content (AvgIpc) is 2.38. The number of ether oxygens (including phenoxy) is 1. The molecule has 1 fully saturated rings. The second kappa shape index (κ2) is 6.21. The van der Waals surface area contributed by atoms with Crippen molar-refractivity contribution in [1.82, 2.24) is 0 Å². The number of benzene rings is 1. The highest BCUT2D eigenvalue weighted by Gasteiger charge is 2.31. The molecule has 0 N–H and O–H groups in total. The normalized spacial score (nSPS) is 18.3. The smallest absolute Gasteiger partial charge is 0.125 e. The van der Waals surface area contributed by atoms with Crippen LogP contribution in [0.4, 0.5) is 0 Å². The van der Waals surface area contributed by atoms with Crippen molar-refractivity contribution in [2.45, 2.75) is 52.9 Å². The molecule has 0 amide bonds. The molecule has 2 rings (SSSR count). The van der Waals surface area contributed by atoms with Crippen molar-refractivity contribution in [2.24, 2.45) is 5.41 Å². The topological polar surface area (TPSA) is 9.23 Å². The molecule has 0 unspecified atom stereocenters. The van der Waals surface area contributed by atoms with Gasteiger partial charge in [0.15, 0.2) is 0 Å². The van der Waals surface area contributed by atoms with Gasteiger partial charge in [-0.05, 0) is 50.5 Å². The Balaban J connectivity index is 2.09. The fraction of sp³-hybridized carbons (Fsp3) is 0.647. The van der Waals surface area contributed by atoms with Crippen molar-refractivity contribution in [2.75, 3.05) is 12.4 Å². The zero-order valence-electron chi connectivity index (χ0n) is 12.5. The lowest BCUT2D eigenvalue weighted by atomic mass is 9.76. The van der Waals surface area contributed by atoms with Gasteiger partial charge >= 0.3 is 0 Å². The van der Waals surface area contributed by atoms with Crippen LogP contribution in [0.25, 0.3) is 0 Å². The maximum Gasteiger partial charge on any atom is 0.125 e. The molecule has 1 nitrogen and oxygen atoms in total. The molecule has 0 bridgehead atoms. The van der Waals surface area contributed by atoms with Crippen molar-refractivity contribution in [1.29, 1.82) is 0 Å². The molecule has 1 aliphatic carbocycles. The van der Waals surface area contributed by atoms with Crippen LogP contribution in [0.3, 0.4) is 0 Å². The van der Waals surface area contributed by atoms with E-state index in [1.807, 2.05) is 0 Å². The maximum atomic E-state index is 6.21. The van der Waals surface area contributed by atoms with Crippen molar-refractivity contribution in [3.05, 3.63) is 28.8 Å². The van der Waals surface area contributed by atoms with Crippen LogP contribution in [0.2, 0.25) is 0 Å². The maximum absolute atomic E-state index is 6.21. The third-order valence-electron chi connectivity index (χ3n) is 4.38. The predicted molar refractivity (Wildman–Crippen MR) is 85.5 cm³/mol. The van der Waals surface area contributed by atoms with Gasteiger partial charge in [-0.15, -0.1) is 0 Å². The largest absolute Gasteiger partial charge is 0.492 e. The molecule has 19 heavy (non-hydrogen) atoms. The summed E-state index contributed by atoms with van der Waals surface area (Å²) in [5.41, 5.74) is 4.11. The van der Waals surface area contributed by atoms with Gasteiger partial charge in [0.1, 0.15) is 5.75 Å². The summed E-state index contributed by atoms with van der Waals surface area (Å²) in [4.78, 5) is 0. The molecule has 2 heteroatoms. The van der Waals surface area contributed by atoms with Gasteiger partial charge in [0.25, 0.3) is 0 Å². The van der Waals surface area contributed by atoms with Gasteiger partial charge in [-0.3, -0.25) is 0 Å². The van der Waals surface area contributed by atoms with Crippen LogP contribution < -0.4 is 4.74 Å². The number of hydrogen-bond donors (Lipinski definition) is 1. The third-order valence-corrected chi connectivity index (χ3v) is 5.05. The molecular formula is C17H26OS. The molecule has 1 saturated carbocycles. The minimum Gasteiger partial charge on any atom is -0.492 e. The van der Waals surface area contributed by atoms with Crippen LogP contribution in [0.1, 0.15) is 48.8 Å². The molecule has 0 saturated heterocycles. The third kappa shape index (κ3) is 3.47.